The highest BCUT2D eigenvalue weighted by Gasteiger charge is 2.37. The number of rotatable bonds is 4. The average Bonchev–Trinajstić information content (AvgIpc) is 3.24. The third kappa shape index (κ3) is 3.30. The number of piperidine rings is 1. The van der Waals surface area contributed by atoms with E-state index in [1.807, 2.05) is 6.07 Å². The van der Waals surface area contributed by atoms with Crippen molar-refractivity contribution in [3.63, 3.8) is 0 Å². The molecular weight excluding hydrogens is 363 g/mol. The van der Waals surface area contributed by atoms with E-state index < -0.39 is 5.41 Å². The van der Waals surface area contributed by atoms with E-state index in [0.717, 1.165) is 5.56 Å². The average molecular weight is 380 g/mol. The molecule has 0 atom stereocenters. The van der Waals surface area contributed by atoms with E-state index in [0.29, 0.717) is 37.4 Å². The lowest BCUT2D eigenvalue weighted by molar-refractivity contribution is 0.264. The number of benzene rings is 1. The first-order chi connectivity index (χ1) is 13.6. The van der Waals surface area contributed by atoms with Crippen molar-refractivity contribution in [2.75, 3.05) is 18.0 Å². The molecule has 3 heterocycles. The first-order valence-electron chi connectivity index (χ1n) is 8.83. The monoisotopic (exact) mass is 380 g/mol. The van der Waals surface area contributed by atoms with Crippen molar-refractivity contribution in [1.29, 1.82) is 5.26 Å². The van der Waals surface area contributed by atoms with Crippen molar-refractivity contribution < 1.29 is 14.0 Å². The van der Waals surface area contributed by atoms with Crippen LogP contribution in [-0.2, 0) is 12.0 Å². The fourth-order valence-electron chi connectivity index (χ4n) is 3.38. The van der Waals surface area contributed by atoms with E-state index in [1.54, 1.807) is 18.2 Å². The van der Waals surface area contributed by atoms with Crippen molar-refractivity contribution in [3.05, 3.63) is 53.6 Å². The Bertz CT molecular complexity index is 989. The summed E-state index contributed by atoms with van der Waals surface area (Å²) in [5, 5.41) is 30.7. The van der Waals surface area contributed by atoms with Crippen LogP contribution in [0.1, 0.15) is 24.2 Å². The van der Waals surface area contributed by atoms with Crippen LogP contribution < -0.4 is 4.90 Å². The van der Waals surface area contributed by atoms with Crippen LogP contribution in [0, 0.1) is 17.1 Å². The Morgan fingerprint density at radius 1 is 1.14 bits per heavy atom. The molecular formula is C19H17FN6O2. The molecule has 1 aliphatic heterocycles. The molecule has 1 fully saturated rings. The highest BCUT2D eigenvalue weighted by atomic mass is 19.1. The Morgan fingerprint density at radius 2 is 1.89 bits per heavy atom. The highest BCUT2D eigenvalue weighted by molar-refractivity contribution is 5.50. The highest BCUT2D eigenvalue weighted by Crippen LogP contribution is 2.36. The third-order valence-electron chi connectivity index (χ3n) is 5.03. The molecule has 1 saturated heterocycles. The Labute approximate surface area is 160 Å². The molecule has 8 nitrogen and oxygen atoms in total. The van der Waals surface area contributed by atoms with Crippen LogP contribution in [0.2, 0.25) is 0 Å². The molecule has 142 valence electrons. The zero-order valence-electron chi connectivity index (χ0n) is 14.9. The van der Waals surface area contributed by atoms with Gasteiger partial charge in [0, 0.05) is 13.1 Å². The van der Waals surface area contributed by atoms with Crippen LogP contribution in [-0.4, -0.2) is 38.5 Å². The number of aliphatic hydroxyl groups is 1. The molecule has 3 aromatic rings. The topological polar surface area (TPSA) is 112 Å². The van der Waals surface area contributed by atoms with Gasteiger partial charge >= 0.3 is 0 Å². The van der Waals surface area contributed by atoms with Gasteiger partial charge in [-0.3, -0.25) is 0 Å². The van der Waals surface area contributed by atoms with Gasteiger partial charge in [0.15, 0.2) is 17.3 Å². The molecule has 0 radical (unpaired) electrons. The van der Waals surface area contributed by atoms with Crippen molar-refractivity contribution in [3.8, 4) is 17.7 Å². The maximum Gasteiger partial charge on any atom is 0.278 e. The molecule has 28 heavy (non-hydrogen) atoms. The summed E-state index contributed by atoms with van der Waals surface area (Å²) in [6.07, 6.45) is 1.23. The first-order valence-corrected chi connectivity index (χ1v) is 8.83. The van der Waals surface area contributed by atoms with Crippen LogP contribution in [0.25, 0.3) is 11.6 Å². The minimum absolute atomic E-state index is 0.186. The second-order valence-electron chi connectivity index (χ2n) is 6.64. The molecule has 0 aliphatic carbocycles. The van der Waals surface area contributed by atoms with Gasteiger partial charge < -0.3 is 14.5 Å². The van der Waals surface area contributed by atoms with Crippen LogP contribution in [0.15, 0.2) is 40.9 Å². The van der Waals surface area contributed by atoms with E-state index >= 15 is 0 Å². The van der Waals surface area contributed by atoms with Gasteiger partial charge in [-0.2, -0.15) is 10.2 Å². The first kappa shape index (κ1) is 18.0. The summed E-state index contributed by atoms with van der Waals surface area (Å²) in [5.41, 5.74) is 0.640. The van der Waals surface area contributed by atoms with Crippen LogP contribution in [0.4, 0.5) is 10.2 Å². The lowest BCUT2D eigenvalue weighted by Crippen LogP contribution is -2.42. The number of aromatic nitrogens is 4. The third-order valence-corrected chi connectivity index (χ3v) is 5.03. The van der Waals surface area contributed by atoms with E-state index in [9.17, 15) is 9.65 Å². The van der Waals surface area contributed by atoms with Crippen molar-refractivity contribution in [2.24, 2.45) is 0 Å². The van der Waals surface area contributed by atoms with E-state index in [-0.39, 0.29) is 24.1 Å². The number of hydrogen-bond acceptors (Lipinski definition) is 8. The number of hydrogen-bond donors (Lipinski definition) is 1. The quantitative estimate of drug-likeness (QED) is 0.733. The summed E-state index contributed by atoms with van der Waals surface area (Å²) in [4.78, 5) is 6.06. The lowest BCUT2D eigenvalue weighted by Gasteiger charge is -2.38. The minimum atomic E-state index is -0.623. The van der Waals surface area contributed by atoms with Gasteiger partial charge in [-0.25, -0.2) is 4.39 Å². The van der Waals surface area contributed by atoms with Gasteiger partial charge in [0.1, 0.15) is 12.4 Å². The molecule has 0 amide bonds. The molecule has 1 aliphatic rings. The molecule has 4 rings (SSSR count). The predicted molar refractivity (Wildman–Crippen MR) is 96.4 cm³/mol. The maximum atomic E-state index is 13.2. The number of aliphatic hydroxyl groups excluding tert-OH is 1. The van der Waals surface area contributed by atoms with Gasteiger partial charge in [0.2, 0.25) is 0 Å². The SMILES string of the molecule is N#CC1(c2ccc(F)cc2)CCN(c2ccc(-c3nc(CO)no3)nn2)CC1. The second-order valence-corrected chi connectivity index (χ2v) is 6.64. The number of nitrogens with zero attached hydrogens (tertiary/aromatic N) is 6. The Hall–Kier alpha value is -3.38. The lowest BCUT2D eigenvalue weighted by atomic mass is 9.74. The Morgan fingerprint density at radius 3 is 2.46 bits per heavy atom. The van der Waals surface area contributed by atoms with Crippen LogP contribution in [0.5, 0.6) is 0 Å². The van der Waals surface area contributed by atoms with Crippen LogP contribution >= 0.6 is 0 Å². The fraction of sp³-hybridized carbons (Fsp3) is 0.316. The zero-order chi connectivity index (χ0) is 19.6. The van der Waals surface area contributed by atoms with Gasteiger partial charge in [0.25, 0.3) is 5.89 Å². The maximum absolute atomic E-state index is 13.2. The molecule has 0 bridgehead atoms. The number of anilines is 1. The molecule has 1 aromatic carbocycles. The van der Waals surface area contributed by atoms with Gasteiger partial charge in [0.05, 0.1) is 11.5 Å². The summed E-state index contributed by atoms with van der Waals surface area (Å²) in [6.45, 7) is 0.958. The Kier molecular flexibility index (Phi) is 4.71. The van der Waals surface area contributed by atoms with Crippen molar-refractivity contribution >= 4 is 5.82 Å². The minimum Gasteiger partial charge on any atom is -0.388 e. The van der Waals surface area contributed by atoms with Gasteiger partial charge in [-0.1, -0.05) is 17.3 Å². The number of nitriles is 1. The molecule has 2 aromatic heterocycles. The Balaban J connectivity index is 1.47. The smallest absolute Gasteiger partial charge is 0.278 e. The van der Waals surface area contributed by atoms with Crippen LogP contribution in [0.3, 0.4) is 0 Å². The molecule has 1 N–H and O–H groups in total. The summed E-state index contributed by atoms with van der Waals surface area (Å²) in [5.74, 6) is 0.764. The van der Waals surface area contributed by atoms with E-state index in [4.69, 9.17) is 9.63 Å². The second kappa shape index (κ2) is 7.32. The van der Waals surface area contributed by atoms with Gasteiger partial charge in [-0.15, -0.1) is 10.2 Å². The summed E-state index contributed by atoms with van der Waals surface area (Å²) >= 11 is 0. The van der Waals surface area contributed by atoms with E-state index in [1.165, 1.54) is 12.1 Å². The molecule has 0 spiro atoms. The summed E-state index contributed by atoms with van der Waals surface area (Å²) in [7, 11) is 0. The normalized spacial score (nSPS) is 16.0. The van der Waals surface area contributed by atoms with Crippen molar-refractivity contribution in [1.82, 2.24) is 20.3 Å². The van der Waals surface area contributed by atoms with Gasteiger partial charge in [-0.05, 0) is 42.7 Å². The van der Waals surface area contributed by atoms with E-state index in [2.05, 4.69) is 31.3 Å². The summed E-state index contributed by atoms with van der Waals surface area (Å²) in [6, 6.07) is 12.1. The fourth-order valence-corrected chi connectivity index (χ4v) is 3.38. The summed E-state index contributed by atoms with van der Waals surface area (Å²) < 4.78 is 18.2. The predicted octanol–water partition coefficient (Wildman–Crippen LogP) is 2.22. The van der Waals surface area contributed by atoms with Crippen molar-refractivity contribution in [2.45, 2.75) is 24.9 Å². The molecule has 0 unspecified atom stereocenters. The zero-order valence-corrected chi connectivity index (χ0v) is 14.9. The molecule has 0 saturated carbocycles. The standard InChI is InChI=1S/C19H17FN6O2/c20-14-3-1-13(2-4-14)19(12-21)7-9-26(10-8-19)17-6-5-15(23-24-17)18-22-16(11-27)25-28-18/h1-6,27H,7-11H2. The number of halogens is 1. The molecule has 9 heteroatoms. The largest absolute Gasteiger partial charge is 0.388 e.